The van der Waals surface area contributed by atoms with Crippen molar-refractivity contribution in [3.8, 4) is 0 Å². The van der Waals surface area contributed by atoms with E-state index in [-0.39, 0.29) is 23.8 Å². The van der Waals surface area contributed by atoms with E-state index in [1.54, 1.807) is 0 Å². The first kappa shape index (κ1) is 22.6. The monoisotopic (exact) mass is 435 g/mol. The number of rotatable bonds is 7. The summed E-state index contributed by atoms with van der Waals surface area (Å²) in [5.41, 5.74) is 0.924. The van der Waals surface area contributed by atoms with Gasteiger partial charge in [0.15, 0.2) is 0 Å². The first-order chi connectivity index (χ1) is 14.2. The number of anilines is 1. The summed E-state index contributed by atoms with van der Waals surface area (Å²) in [7, 11) is 0. The van der Waals surface area contributed by atoms with Crippen molar-refractivity contribution in [3.05, 3.63) is 16.0 Å². The van der Waals surface area contributed by atoms with E-state index in [0.717, 1.165) is 55.4 Å². The molecule has 8 heteroatoms. The highest BCUT2D eigenvalue weighted by atomic mass is 32.1. The van der Waals surface area contributed by atoms with Gasteiger partial charge in [-0.15, -0.1) is 11.3 Å². The van der Waals surface area contributed by atoms with Gasteiger partial charge in [0.05, 0.1) is 11.6 Å². The van der Waals surface area contributed by atoms with Gasteiger partial charge >= 0.3 is 6.09 Å². The Bertz CT molecular complexity index is 808. The highest BCUT2D eigenvalue weighted by Crippen LogP contribution is 2.43. The van der Waals surface area contributed by atoms with Crippen LogP contribution in [0.2, 0.25) is 0 Å². The van der Waals surface area contributed by atoms with E-state index in [1.807, 2.05) is 20.8 Å². The minimum absolute atomic E-state index is 0.0205. The van der Waals surface area contributed by atoms with Gasteiger partial charge in [-0.2, -0.15) is 0 Å². The normalized spacial score (nSPS) is 18.3. The number of alkyl carbamates (subject to hydrolysis) is 1. The third-order valence-corrected chi connectivity index (χ3v) is 6.45. The number of fused-ring (bicyclic) bond motifs is 1. The van der Waals surface area contributed by atoms with Gasteiger partial charge in [0.1, 0.15) is 10.6 Å². The maximum atomic E-state index is 13.0. The fourth-order valence-corrected chi connectivity index (χ4v) is 4.90. The Balaban J connectivity index is 1.85. The smallest absolute Gasteiger partial charge is 0.408 e. The molecule has 166 valence electrons. The molecule has 1 heterocycles. The topological polar surface area (TPSA) is 96.5 Å². The number of nitrogens with one attached hydrogen (secondary N) is 3. The molecule has 0 aromatic carbocycles. The van der Waals surface area contributed by atoms with Gasteiger partial charge in [-0.1, -0.05) is 13.3 Å². The molecular formula is C22H33N3O4S. The van der Waals surface area contributed by atoms with E-state index in [0.29, 0.717) is 17.1 Å². The van der Waals surface area contributed by atoms with Crippen LogP contribution in [-0.2, 0) is 16.0 Å². The molecule has 1 aromatic heterocycles. The van der Waals surface area contributed by atoms with E-state index in [2.05, 4.69) is 22.9 Å². The predicted octanol–water partition coefficient (Wildman–Crippen LogP) is 4.53. The lowest BCUT2D eigenvalue weighted by Gasteiger charge is -2.26. The number of thiophene rings is 1. The van der Waals surface area contributed by atoms with Gasteiger partial charge in [0, 0.05) is 17.3 Å². The van der Waals surface area contributed by atoms with Crippen LogP contribution >= 0.6 is 11.3 Å². The van der Waals surface area contributed by atoms with Gasteiger partial charge in [-0.25, -0.2) is 4.79 Å². The lowest BCUT2D eigenvalue weighted by molar-refractivity contribution is -0.117. The zero-order valence-electron chi connectivity index (χ0n) is 18.4. The van der Waals surface area contributed by atoms with Crippen molar-refractivity contribution in [2.45, 2.75) is 84.3 Å². The molecule has 3 rings (SSSR count). The Morgan fingerprint density at radius 3 is 2.53 bits per heavy atom. The van der Waals surface area contributed by atoms with Gasteiger partial charge in [0.2, 0.25) is 5.91 Å². The number of ether oxygens (including phenoxy) is 1. The molecule has 1 fully saturated rings. The van der Waals surface area contributed by atoms with E-state index >= 15 is 0 Å². The SMILES string of the molecule is CCCCNC(=O)c1c(NC(=O)C2CC2)sc2c1CCCC2NC(=O)OC(C)(C)C. The first-order valence-corrected chi connectivity index (χ1v) is 11.8. The maximum absolute atomic E-state index is 13.0. The summed E-state index contributed by atoms with van der Waals surface area (Å²) in [6.07, 6.45) is 5.63. The van der Waals surface area contributed by atoms with Crippen LogP contribution in [0.25, 0.3) is 0 Å². The Morgan fingerprint density at radius 1 is 1.17 bits per heavy atom. The summed E-state index contributed by atoms with van der Waals surface area (Å²) in [6, 6.07) is -0.220. The lowest BCUT2D eigenvalue weighted by Crippen LogP contribution is -2.36. The Morgan fingerprint density at radius 2 is 1.90 bits per heavy atom. The van der Waals surface area contributed by atoms with Gasteiger partial charge in [-0.3, -0.25) is 9.59 Å². The first-order valence-electron chi connectivity index (χ1n) is 10.9. The highest BCUT2D eigenvalue weighted by Gasteiger charge is 2.35. The summed E-state index contributed by atoms with van der Waals surface area (Å²) in [5, 5.41) is 9.53. The van der Waals surface area contributed by atoms with Crippen LogP contribution in [0.15, 0.2) is 0 Å². The molecule has 1 atom stereocenters. The number of hydrogen-bond donors (Lipinski definition) is 3. The third kappa shape index (κ3) is 5.74. The molecule has 7 nitrogen and oxygen atoms in total. The molecule has 1 saturated carbocycles. The van der Waals surface area contributed by atoms with E-state index in [4.69, 9.17) is 4.74 Å². The molecule has 3 amide bonds. The molecule has 1 unspecified atom stereocenters. The molecular weight excluding hydrogens is 402 g/mol. The summed E-state index contributed by atoms with van der Waals surface area (Å²) >= 11 is 1.41. The van der Waals surface area contributed by atoms with Crippen molar-refractivity contribution in [1.29, 1.82) is 0 Å². The predicted molar refractivity (Wildman–Crippen MR) is 118 cm³/mol. The molecule has 0 spiro atoms. The average Bonchev–Trinajstić information content (AvgIpc) is 3.42. The van der Waals surface area contributed by atoms with Crippen LogP contribution in [0.1, 0.15) is 93.1 Å². The second kappa shape index (κ2) is 9.37. The quantitative estimate of drug-likeness (QED) is 0.548. The second-order valence-electron chi connectivity index (χ2n) is 9.11. The maximum Gasteiger partial charge on any atom is 0.408 e. The van der Waals surface area contributed by atoms with Gasteiger partial charge in [0.25, 0.3) is 5.91 Å². The lowest BCUT2D eigenvalue weighted by atomic mass is 9.91. The van der Waals surface area contributed by atoms with Crippen molar-refractivity contribution < 1.29 is 19.1 Å². The van der Waals surface area contributed by atoms with Crippen LogP contribution in [0.5, 0.6) is 0 Å². The summed E-state index contributed by atoms with van der Waals surface area (Å²) in [4.78, 5) is 38.7. The molecule has 30 heavy (non-hydrogen) atoms. The second-order valence-corrected chi connectivity index (χ2v) is 10.2. The van der Waals surface area contributed by atoms with Crippen molar-refractivity contribution in [2.75, 3.05) is 11.9 Å². The van der Waals surface area contributed by atoms with E-state index in [1.165, 1.54) is 11.3 Å². The van der Waals surface area contributed by atoms with E-state index in [9.17, 15) is 14.4 Å². The Kier molecular flexibility index (Phi) is 7.06. The zero-order valence-corrected chi connectivity index (χ0v) is 19.2. The van der Waals surface area contributed by atoms with Crippen molar-refractivity contribution in [3.63, 3.8) is 0 Å². The third-order valence-electron chi connectivity index (χ3n) is 5.19. The number of amides is 3. The summed E-state index contributed by atoms with van der Waals surface area (Å²) in [6.45, 7) is 8.17. The Hall–Kier alpha value is -2.09. The fourth-order valence-electron chi connectivity index (χ4n) is 3.57. The van der Waals surface area contributed by atoms with Crippen LogP contribution < -0.4 is 16.0 Å². The van der Waals surface area contributed by atoms with Crippen LogP contribution in [-0.4, -0.2) is 30.1 Å². The zero-order chi connectivity index (χ0) is 21.9. The van der Waals surface area contributed by atoms with Gasteiger partial charge in [-0.05, 0) is 64.9 Å². The molecule has 0 aliphatic heterocycles. The number of unbranched alkanes of at least 4 members (excludes halogenated alkanes) is 1. The van der Waals surface area contributed by atoms with Crippen molar-refractivity contribution >= 4 is 34.2 Å². The molecule has 0 saturated heterocycles. The average molecular weight is 436 g/mol. The summed E-state index contributed by atoms with van der Waals surface area (Å²) in [5.74, 6) is -0.117. The highest BCUT2D eigenvalue weighted by molar-refractivity contribution is 7.17. The minimum Gasteiger partial charge on any atom is -0.444 e. The molecule has 2 aliphatic rings. The summed E-state index contributed by atoms with van der Waals surface area (Å²) < 4.78 is 5.42. The van der Waals surface area contributed by atoms with Crippen LogP contribution in [0.3, 0.4) is 0 Å². The van der Waals surface area contributed by atoms with Crippen molar-refractivity contribution in [2.24, 2.45) is 5.92 Å². The standard InChI is InChI=1S/C22H33N3O4S/c1-5-6-12-23-19(27)16-14-8-7-9-15(24-21(28)29-22(2,3)4)17(14)30-20(16)25-18(26)13-10-11-13/h13,15H,5-12H2,1-4H3,(H,23,27)(H,24,28)(H,25,26). The van der Waals surface area contributed by atoms with E-state index < -0.39 is 11.7 Å². The fraction of sp³-hybridized carbons (Fsp3) is 0.682. The van der Waals surface area contributed by atoms with Gasteiger partial charge < -0.3 is 20.7 Å². The number of carbonyl (C=O) groups excluding carboxylic acids is 3. The van der Waals surface area contributed by atoms with Crippen LogP contribution in [0, 0.1) is 5.92 Å². The van der Waals surface area contributed by atoms with Crippen LogP contribution in [0.4, 0.5) is 9.80 Å². The largest absolute Gasteiger partial charge is 0.444 e. The Labute approximate surface area is 182 Å². The molecule has 0 bridgehead atoms. The molecule has 2 aliphatic carbocycles. The molecule has 0 radical (unpaired) electrons. The molecule has 1 aromatic rings. The number of hydrogen-bond acceptors (Lipinski definition) is 5. The molecule has 3 N–H and O–H groups in total. The number of carbonyl (C=O) groups is 3. The van der Waals surface area contributed by atoms with Crippen molar-refractivity contribution in [1.82, 2.24) is 10.6 Å². The minimum atomic E-state index is -0.579.